The first-order valence-electron chi connectivity index (χ1n) is 5.16. The van der Waals surface area contributed by atoms with Gasteiger partial charge in [0.05, 0.1) is 18.4 Å². The average molecular weight is 231 g/mol. The van der Waals surface area contributed by atoms with E-state index in [2.05, 4.69) is 0 Å². The van der Waals surface area contributed by atoms with Gasteiger partial charge in [0.2, 0.25) is 0 Å². The summed E-state index contributed by atoms with van der Waals surface area (Å²) in [4.78, 5) is 11.1. The Balaban J connectivity index is 2.51. The van der Waals surface area contributed by atoms with Crippen LogP contribution in [0.5, 0.6) is 5.75 Å². The summed E-state index contributed by atoms with van der Waals surface area (Å²) in [6.07, 6.45) is 1.74. The van der Waals surface area contributed by atoms with E-state index in [1.807, 2.05) is 31.3 Å². The molecule has 0 unspecified atom stereocenters. The van der Waals surface area contributed by atoms with Gasteiger partial charge in [-0.15, -0.1) is 0 Å². The molecule has 1 aromatic carbocycles. The third kappa shape index (κ3) is 2.01. The van der Waals surface area contributed by atoms with Crippen LogP contribution in [-0.2, 0) is 7.05 Å². The molecule has 0 atom stereocenters. The van der Waals surface area contributed by atoms with Crippen molar-refractivity contribution >= 4 is 5.97 Å². The van der Waals surface area contributed by atoms with Crippen LogP contribution in [0.15, 0.2) is 36.5 Å². The lowest BCUT2D eigenvalue weighted by molar-refractivity contribution is 0.0698. The quantitative estimate of drug-likeness (QED) is 0.882. The van der Waals surface area contributed by atoms with E-state index in [4.69, 9.17) is 9.84 Å². The Labute approximate surface area is 99.1 Å². The zero-order valence-corrected chi connectivity index (χ0v) is 9.68. The molecule has 2 aromatic rings. The molecule has 1 aromatic heterocycles. The molecule has 0 spiro atoms. The van der Waals surface area contributed by atoms with Gasteiger partial charge in [-0.05, 0) is 35.9 Å². The molecule has 4 heteroatoms. The molecule has 1 heterocycles. The largest absolute Gasteiger partial charge is 0.497 e. The highest BCUT2D eigenvalue weighted by Crippen LogP contribution is 2.26. The second-order valence-corrected chi connectivity index (χ2v) is 3.72. The van der Waals surface area contributed by atoms with Crippen LogP contribution in [0.4, 0.5) is 0 Å². The van der Waals surface area contributed by atoms with Crippen molar-refractivity contribution in [3.05, 3.63) is 42.1 Å². The van der Waals surface area contributed by atoms with Crippen LogP contribution in [0.3, 0.4) is 0 Å². The highest BCUT2D eigenvalue weighted by atomic mass is 16.5. The van der Waals surface area contributed by atoms with Gasteiger partial charge in [-0.1, -0.05) is 0 Å². The fourth-order valence-corrected chi connectivity index (χ4v) is 1.81. The van der Waals surface area contributed by atoms with E-state index < -0.39 is 5.97 Å². The number of carbonyl (C=O) groups is 1. The second kappa shape index (κ2) is 4.33. The summed E-state index contributed by atoms with van der Waals surface area (Å²) in [7, 11) is 3.42. The first-order chi connectivity index (χ1) is 8.13. The van der Waals surface area contributed by atoms with Crippen molar-refractivity contribution < 1.29 is 14.6 Å². The molecule has 2 rings (SSSR count). The standard InChI is InChI=1S/C13H13NO3/c1-14-8-7-11(13(15)16)12(14)9-3-5-10(17-2)6-4-9/h3-8H,1-2H3,(H,15,16). The van der Waals surface area contributed by atoms with Gasteiger partial charge < -0.3 is 14.4 Å². The van der Waals surface area contributed by atoms with Crippen LogP contribution in [0, 0.1) is 0 Å². The maximum absolute atomic E-state index is 11.1. The summed E-state index contributed by atoms with van der Waals surface area (Å²) in [6.45, 7) is 0. The molecule has 0 saturated heterocycles. The molecule has 0 saturated carbocycles. The Hall–Kier alpha value is -2.23. The average Bonchev–Trinajstić information content (AvgIpc) is 2.71. The van der Waals surface area contributed by atoms with E-state index in [-0.39, 0.29) is 0 Å². The van der Waals surface area contributed by atoms with Crippen LogP contribution in [0.1, 0.15) is 10.4 Å². The summed E-state index contributed by atoms with van der Waals surface area (Å²) in [5, 5.41) is 9.10. The van der Waals surface area contributed by atoms with Crippen molar-refractivity contribution in [3.63, 3.8) is 0 Å². The topological polar surface area (TPSA) is 51.5 Å². The zero-order chi connectivity index (χ0) is 12.4. The number of ether oxygens (including phenoxy) is 1. The van der Waals surface area contributed by atoms with E-state index in [1.165, 1.54) is 0 Å². The highest BCUT2D eigenvalue weighted by Gasteiger charge is 2.14. The number of aryl methyl sites for hydroxylation is 1. The predicted octanol–water partition coefficient (Wildman–Crippen LogP) is 2.40. The molecule has 1 N–H and O–H groups in total. The van der Waals surface area contributed by atoms with Gasteiger partial charge in [0.15, 0.2) is 0 Å². The summed E-state index contributed by atoms with van der Waals surface area (Å²) in [6, 6.07) is 8.92. The second-order valence-electron chi connectivity index (χ2n) is 3.72. The molecule has 88 valence electrons. The van der Waals surface area contributed by atoms with E-state index in [0.29, 0.717) is 11.3 Å². The number of aromatic nitrogens is 1. The Bertz CT molecular complexity index is 540. The normalized spacial score (nSPS) is 10.2. The number of methoxy groups -OCH3 is 1. The number of nitrogens with zero attached hydrogens (tertiary/aromatic N) is 1. The summed E-state index contributed by atoms with van der Waals surface area (Å²) < 4.78 is 6.87. The number of hydrogen-bond donors (Lipinski definition) is 1. The van der Waals surface area contributed by atoms with Crippen LogP contribution in [0.2, 0.25) is 0 Å². The zero-order valence-electron chi connectivity index (χ0n) is 9.68. The van der Waals surface area contributed by atoms with Crippen molar-refractivity contribution in [3.8, 4) is 17.0 Å². The smallest absolute Gasteiger partial charge is 0.337 e. The van der Waals surface area contributed by atoms with Gasteiger partial charge >= 0.3 is 5.97 Å². The van der Waals surface area contributed by atoms with Crippen LogP contribution >= 0.6 is 0 Å². The molecule has 0 fully saturated rings. The Morgan fingerprint density at radius 1 is 1.24 bits per heavy atom. The maximum atomic E-state index is 11.1. The number of aromatic carboxylic acids is 1. The first kappa shape index (κ1) is 11.3. The molecule has 0 bridgehead atoms. The lowest BCUT2D eigenvalue weighted by Gasteiger charge is -2.06. The highest BCUT2D eigenvalue weighted by molar-refractivity contribution is 5.95. The molecule has 0 amide bonds. The molecule has 0 aliphatic rings. The monoisotopic (exact) mass is 231 g/mol. The molecule has 0 aliphatic heterocycles. The fraction of sp³-hybridized carbons (Fsp3) is 0.154. The predicted molar refractivity (Wildman–Crippen MR) is 64.4 cm³/mol. The van der Waals surface area contributed by atoms with Crippen molar-refractivity contribution in [1.82, 2.24) is 4.57 Å². The van der Waals surface area contributed by atoms with Gasteiger partial charge in [0.1, 0.15) is 5.75 Å². The minimum atomic E-state index is -0.920. The molecular formula is C13H13NO3. The number of carboxylic acids is 1. The van der Waals surface area contributed by atoms with Crippen molar-refractivity contribution in [2.75, 3.05) is 7.11 Å². The van der Waals surface area contributed by atoms with Crippen LogP contribution in [-0.4, -0.2) is 22.8 Å². The number of carboxylic acid groups (broad SMARTS) is 1. The van der Waals surface area contributed by atoms with Crippen molar-refractivity contribution in [2.24, 2.45) is 7.05 Å². The van der Waals surface area contributed by atoms with Gasteiger partial charge in [-0.3, -0.25) is 0 Å². The molecule has 17 heavy (non-hydrogen) atoms. The number of benzene rings is 1. The molecule has 0 radical (unpaired) electrons. The Kier molecular flexibility index (Phi) is 2.87. The summed E-state index contributed by atoms with van der Waals surface area (Å²) in [5.41, 5.74) is 1.86. The van der Waals surface area contributed by atoms with E-state index in [1.54, 1.807) is 23.9 Å². The van der Waals surface area contributed by atoms with Gasteiger partial charge in [-0.25, -0.2) is 4.79 Å². The first-order valence-corrected chi connectivity index (χ1v) is 5.16. The van der Waals surface area contributed by atoms with E-state index in [0.717, 1.165) is 11.3 Å². The van der Waals surface area contributed by atoms with E-state index >= 15 is 0 Å². The minimum Gasteiger partial charge on any atom is -0.497 e. The summed E-state index contributed by atoms with van der Waals surface area (Å²) >= 11 is 0. The van der Waals surface area contributed by atoms with Crippen molar-refractivity contribution in [2.45, 2.75) is 0 Å². The lowest BCUT2D eigenvalue weighted by atomic mass is 10.1. The Morgan fingerprint density at radius 2 is 1.88 bits per heavy atom. The molecule has 0 aliphatic carbocycles. The maximum Gasteiger partial charge on any atom is 0.337 e. The van der Waals surface area contributed by atoms with Gasteiger partial charge in [-0.2, -0.15) is 0 Å². The summed E-state index contributed by atoms with van der Waals surface area (Å²) in [5.74, 6) is -0.170. The molecule has 4 nitrogen and oxygen atoms in total. The Morgan fingerprint density at radius 3 is 2.41 bits per heavy atom. The van der Waals surface area contributed by atoms with Crippen molar-refractivity contribution in [1.29, 1.82) is 0 Å². The SMILES string of the molecule is COc1ccc(-c2c(C(=O)O)ccn2C)cc1. The van der Waals surface area contributed by atoms with Gasteiger partial charge in [0, 0.05) is 13.2 Å². The van der Waals surface area contributed by atoms with Crippen LogP contribution < -0.4 is 4.74 Å². The minimum absolute atomic E-state index is 0.303. The van der Waals surface area contributed by atoms with Gasteiger partial charge in [0.25, 0.3) is 0 Å². The number of hydrogen-bond acceptors (Lipinski definition) is 2. The third-order valence-electron chi connectivity index (χ3n) is 2.67. The van der Waals surface area contributed by atoms with E-state index in [9.17, 15) is 4.79 Å². The molecular weight excluding hydrogens is 218 g/mol. The number of rotatable bonds is 3. The lowest BCUT2D eigenvalue weighted by Crippen LogP contribution is -2.00. The fourth-order valence-electron chi connectivity index (χ4n) is 1.81. The third-order valence-corrected chi connectivity index (χ3v) is 2.67. The van der Waals surface area contributed by atoms with Crippen LogP contribution in [0.25, 0.3) is 11.3 Å².